The summed E-state index contributed by atoms with van der Waals surface area (Å²) >= 11 is 0. The number of halogens is 1. The molecule has 4 aliphatic rings. The van der Waals surface area contributed by atoms with E-state index in [1.807, 2.05) is 0 Å². The van der Waals surface area contributed by atoms with Gasteiger partial charge in [0.25, 0.3) is 0 Å². The molecule has 3 heterocycles. The Bertz CT molecular complexity index is 1400. The summed E-state index contributed by atoms with van der Waals surface area (Å²) in [7, 11) is -6.70. The molecule has 1 N–H and O–H groups in total. The number of anilines is 2. The number of sulfone groups is 1. The van der Waals surface area contributed by atoms with E-state index in [0.29, 0.717) is 42.9 Å². The number of hydrogen-bond donors (Lipinski definition) is 1. The summed E-state index contributed by atoms with van der Waals surface area (Å²) in [6, 6.07) is 3.77. The van der Waals surface area contributed by atoms with Crippen molar-refractivity contribution < 1.29 is 26.0 Å². The van der Waals surface area contributed by atoms with Gasteiger partial charge in [0.2, 0.25) is 15.9 Å². The standard InChI is InChI=1S/C24H29FN4O5S2/c1-14-23(28-22-9-8-20(12-21(22)25)35(30,31)18-4-5-18)26-13-27-24(14)34-17-10-15-2-3-16(11-17)29(15)36(32,33)19-6-7-19/h8-9,12-13,15-19H,2-7,10-11H2,1H3,(H,26,27,28)/t15-,16-/m0/s1. The number of benzene rings is 1. The lowest BCUT2D eigenvalue weighted by molar-refractivity contribution is 0.0910. The highest BCUT2D eigenvalue weighted by Gasteiger charge is 2.52. The van der Waals surface area contributed by atoms with Crippen molar-refractivity contribution in [2.45, 2.75) is 91.9 Å². The molecule has 2 bridgehead atoms. The van der Waals surface area contributed by atoms with Crippen molar-refractivity contribution in [3.8, 4) is 5.88 Å². The topological polar surface area (TPSA) is 119 Å². The Morgan fingerprint density at radius 2 is 1.64 bits per heavy atom. The van der Waals surface area contributed by atoms with Gasteiger partial charge < -0.3 is 10.1 Å². The molecule has 2 atom stereocenters. The van der Waals surface area contributed by atoms with Crippen molar-refractivity contribution in [1.82, 2.24) is 14.3 Å². The number of rotatable bonds is 8. The lowest BCUT2D eigenvalue weighted by Crippen LogP contribution is -2.50. The molecule has 1 aromatic heterocycles. The second-order valence-electron chi connectivity index (χ2n) is 10.3. The average molecular weight is 537 g/mol. The molecular formula is C24H29FN4O5S2. The molecule has 12 heteroatoms. The molecule has 2 saturated carbocycles. The van der Waals surface area contributed by atoms with Crippen LogP contribution in [0.5, 0.6) is 5.88 Å². The maximum Gasteiger partial charge on any atom is 0.221 e. The van der Waals surface area contributed by atoms with Crippen LogP contribution in [0.15, 0.2) is 29.4 Å². The number of piperidine rings is 1. The Kier molecular flexibility index (Phi) is 5.76. The van der Waals surface area contributed by atoms with Crippen molar-refractivity contribution in [2.24, 2.45) is 0 Å². The summed E-state index contributed by atoms with van der Waals surface area (Å²) in [4.78, 5) is 8.47. The minimum Gasteiger partial charge on any atom is -0.474 e. The third-order valence-corrected chi connectivity index (χ3v) is 12.4. The Morgan fingerprint density at radius 3 is 2.25 bits per heavy atom. The van der Waals surface area contributed by atoms with Gasteiger partial charge in [-0.2, -0.15) is 4.31 Å². The minimum absolute atomic E-state index is 0.0128. The predicted octanol–water partition coefficient (Wildman–Crippen LogP) is 3.47. The molecule has 0 radical (unpaired) electrons. The van der Waals surface area contributed by atoms with Crippen LogP contribution in [-0.2, 0) is 19.9 Å². The monoisotopic (exact) mass is 536 g/mol. The van der Waals surface area contributed by atoms with Gasteiger partial charge in [-0.1, -0.05) is 0 Å². The zero-order valence-corrected chi connectivity index (χ0v) is 21.6. The Morgan fingerprint density at radius 1 is 0.972 bits per heavy atom. The Balaban J connectivity index is 1.16. The number of nitrogens with zero attached hydrogens (tertiary/aromatic N) is 3. The number of aromatic nitrogens is 2. The van der Waals surface area contributed by atoms with E-state index in [0.717, 1.165) is 31.7 Å². The highest BCUT2D eigenvalue weighted by atomic mass is 32.2. The normalized spacial score (nSPS) is 26.7. The third-order valence-electron chi connectivity index (χ3n) is 7.66. The summed E-state index contributed by atoms with van der Waals surface area (Å²) in [5.41, 5.74) is 0.695. The van der Waals surface area contributed by atoms with Crippen LogP contribution in [0.3, 0.4) is 0 Å². The van der Waals surface area contributed by atoms with Crippen molar-refractivity contribution in [3.05, 3.63) is 35.9 Å². The van der Waals surface area contributed by atoms with Crippen LogP contribution in [0, 0.1) is 12.7 Å². The molecule has 1 aromatic carbocycles. The van der Waals surface area contributed by atoms with Gasteiger partial charge in [0.15, 0.2) is 9.84 Å². The quantitative estimate of drug-likeness (QED) is 0.545. The number of ether oxygens (including phenoxy) is 1. The summed E-state index contributed by atoms with van der Waals surface area (Å²) in [5.74, 6) is 0.0372. The Hall–Kier alpha value is -2.31. The molecule has 2 aliphatic carbocycles. The van der Waals surface area contributed by atoms with Gasteiger partial charge in [0.05, 0.1) is 26.6 Å². The average Bonchev–Trinajstić information content (AvgIpc) is 3.73. The largest absolute Gasteiger partial charge is 0.474 e. The number of sulfonamides is 1. The summed E-state index contributed by atoms with van der Waals surface area (Å²) in [6.45, 7) is 1.77. The summed E-state index contributed by atoms with van der Waals surface area (Å²) in [6.07, 6.45) is 6.82. The van der Waals surface area contributed by atoms with Crippen LogP contribution in [0.1, 0.15) is 56.9 Å². The van der Waals surface area contributed by atoms with Crippen molar-refractivity contribution in [2.75, 3.05) is 5.32 Å². The lowest BCUT2D eigenvalue weighted by Gasteiger charge is -2.37. The first-order valence-electron chi connectivity index (χ1n) is 12.5. The molecule has 0 spiro atoms. The molecule has 2 aliphatic heterocycles. The molecule has 2 saturated heterocycles. The SMILES string of the molecule is Cc1c(Nc2ccc(S(=O)(=O)C3CC3)cc2F)ncnc1OC1C[C@@H]2CC[C@@H](C1)N2S(=O)(=O)C1CC1. The van der Waals surface area contributed by atoms with Crippen molar-refractivity contribution in [1.29, 1.82) is 0 Å². The number of hydrogen-bond acceptors (Lipinski definition) is 8. The molecule has 0 unspecified atom stereocenters. The first kappa shape index (κ1) is 24.1. The van der Waals surface area contributed by atoms with Crippen molar-refractivity contribution in [3.63, 3.8) is 0 Å². The molecule has 4 fully saturated rings. The first-order chi connectivity index (χ1) is 17.1. The maximum absolute atomic E-state index is 14.8. The molecule has 194 valence electrons. The fourth-order valence-electron chi connectivity index (χ4n) is 5.44. The minimum atomic E-state index is -3.48. The van der Waals surface area contributed by atoms with Gasteiger partial charge >= 0.3 is 0 Å². The van der Waals surface area contributed by atoms with E-state index in [1.165, 1.54) is 18.5 Å². The molecule has 0 amide bonds. The van der Waals surface area contributed by atoms with Gasteiger partial charge in [-0.3, -0.25) is 0 Å². The van der Waals surface area contributed by atoms with Gasteiger partial charge in [-0.15, -0.1) is 0 Å². The van der Waals surface area contributed by atoms with Crippen LogP contribution in [0.25, 0.3) is 0 Å². The zero-order valence-electron chi connectivity index (χ0n) is 19.9. The van der Waals surface area contributed by atoms with Crippen LogP contribution >= 0.6 is 0 Å². The van der Waals surface area contributed by atoms with Crippen molar-refractivity contribution >= 4 is 31.4 Å². The molecule has 36 heavy (non-hydrogen) atoms. The van der Waals surface area contributed by atoms with Crippen LogP contribution in [-0.4, -0.2) is 59.8 Å². The molecule has 6 rings (SSSR count). The number of fused-ring (bicyclic) bond motifs is 2. The van der Waals surface area contributed by atoms with Gasteiger partial charge in [-0.05, 0) is 63.6 Å². The first-order valence-corrected chi connectivity index (χ1v) is 15.5. The zero-order chi connectivity index (χ0) is 25.2. The summed E-state index contributed by atoms with van der Waals surface area (Å²) in [5, 5.41) is 2.31. The van der Waals surface area contributed by atoms with Gasteiger partial charge in [0.1, 0.15) is 24.1 Å². The lowest BCUT2D eigenvalue weighted by atomic mass is 10.0. The maximum atomic E-state index is 14.8. The highest BCUT2D eigenvalue weighted by molar-refractivity contribution is 7.92. The predicted molar refractivity (Wildman–Crippen MR) is 131 cm³/mol. The van der Waals surface area contributed by atoms with Crippen LogP contribution < -0.4 is 10.1 Å². The third kappa shape index (κ3) is 4.26. The van der Waals surface area contributed by atoms with Crippen LogP contribution in [0.2, 0.25) is 0 Å². The van der Waals surface area contributed by atoms with E-state index in [4.69, 9.17) is 4.74 Å². The second-order valence-corrected chi connectivity index (χ2v) is 14.7. The fraction of sp³-hybridized carbons (Fsp3) is 0.583. The van der Waals surface area contributed by atoms with E-state index in [9.17, 15) is 21.2 Å². The van der Waals surface area contributed by atoms with Crippen LogP contribution in [0.4, 0.5) is 15.9 Å². The smallest absolute Gasteiger partial charge is 0.221 e. The Labute approximate surface area is 210 Å². The van der Waals surface area contributed by atoms with E-state index < -0.39 is 30.9 Å². The summed E-state index contributed by atoms with van der Waals surface area (Å²) < 4.78 is 73.3. The number of nitrogens with one attached hydrogen (secondary N) is 1. The second kappa shape index (κ2) is 8.63. The van der Waals surface area contributed by atoms with E-state index in [1.54, 1.807) is 11.2 Å². The highest BCUT2D eigenvalue weighted by Crippen LogP contribution is 2.44. The fourth-order valence-corrected chi connectivity index (χ4v) is 9.40. The van der Waals surface area contributed by atoms with E-state index in [-0.39, 0.29) is 34.0 Å². The molecule has 2 aromatic rings. The molecular weight excluding hydrogens is 507 g/mol. The van der Waals surface area contributed by atoms with Gasteiger partial charge in [0, 0.05) is 24.9 Å². The van der Waals surface area contributed by atoms with E-state index >= 15 is 0 Å². The van der Waals surface area contributed by atoms with E-state index in [2.05, 4.69) is 15.3 Å². The molecule has 9 nitrogen and oxygen atoms in total. The van der Waals surface area contributed by atoms with Gasteiger partial charge in [-0.25, -0.2) is 31.2 Å².